The third-order valence-electron chi connectivity index (χ3n) is 8.34. The summed E-state index contributed by atoms with van der Waals surface area (Å²) in [6.07, 6.45) is 1.39. The molecule has 3 fully saturated rings. The van der Waals surface area contributed by atoms with Gasteiger partial charge in [0.15, 0.2) is 9.84 Å². The third kappa shape index (κ3) is 6.15. The summed E-state index contributed by atoms with van der Waals surface area (Å²) in [4.78, 5) is 29.2. The molecule has 2 amide bonds. The van der Waals surface area contributed by atoms with Crippen LogP contribution in [0.15, 0.2) is 42.5 Å². The Labute approximate surface area is 227 Å². The Morgan fingerprint density at radius 2 is 1.51 bits per heavy atom. The largest absolute Gasteiger partial charge is 0.416 e. The predicted molar refractivity (Wildman–Crippen MR) is 142 cm³/mol. The first-order chi connectivity index (χ1) is 18.5. The Kier molecular flexibility index (Phi) is 7.77. The minimum atomic E-state index is -4.57. The topological polar surface area (TPSA) is 74.8 Å². The molecule has 1 aliphatic carbocycles. The molecule has 2 aliphatic heterocycles. The van der Waals surface area contributed by atoms with E-state index in [0.29, 0.717) is 29.7 Å². The number of alkyl halides is 3. The maximum absolute atomic E-state index is 14.1. The maximum atomic E-state index is 14.1. The molecule has 10 heteroatoms. The van der Waals surface area contributed by atoms with Crippen LogP contribution in [-0.2, 0) is 27.2 Å². The Morgan fingerprint density at radius 3 is 2.15 bits per heavy atom. The van der Waals surface area contributed by atoms with Crippen molar-refractivity contribution in [3.8, 4) is 11.1 Å². The highest BCUT2D eigenvalue weighted by Gasteiger charge is 2.39. The molecule has 2 heterocycles. The number of halogens is 3. The van der Waals surface area contributed by atoms with Crippen LogP contribution in [-0.4, -0.2) is 67.2 Å². The summed E-state index contributed by atoms with van der Waals surface area (Å²) in [6.45, 7) is 0.869. The van der Waals surface area contributed by atoms with Gasteiger partial charge in [0.1, 0.15) is 0 Å². The van der Waals surface area contributed by atoms with Crippen molar-refractivity contribution in [2.45, 2.75) is 57.2 Å². The van der Waals surface area contributed by atoms with Crippen molar-refractivity contribution in [3.63, 3.8) is 0 Å². The second-order valence-electron chi connectivity index (χ2n) is 10.9. The van der Waals surface area contributed by atoms with E-state index in [2.05, 4.69) is 0 Å². The van der Waals surface area contributed by atoms with Gasteiger partial charge in [-0.05, 0) is 60.6 Å². The summed E-state index contributed by atoms with van der Waals surface area (Å²) < 4.78 is 65.6. The number of likely N-dealkylation sites (tertiary alicyclic amines) is 1. The molecule has 3 aliphatic rings. The van der Waals surface area contributed by atoms with Crippen molar-refractivity contribution in [1.82, 2.24) is 9.80 Å². The van der Waals surface area contributed by atoms with E-state index in [4.69, 9.17) is 0 Å². The number of nitrogens with zero attached hydrogens (tertiary/aromatic N) is 2. The van der Waals surface area contributed by atoms with Crippen molar-refractivity contribution >= 4 is 21.7 Å². The zero-order valence-electron chi connectivity index (χ0n) is 21.8. The average molecular weight is 563 g/mol. The first-order valence-electron chi connectivity index (χ1n) is 13.6. The van der Waals surface area contributed by atoms with E-state index in [1.165, 1.54) is 17.4 Å². The highest BCUT2D eigenvalue weighted by atomic mass is 32.2. The molecular weight excluding hydrogens is 529 g/mol. The molecule has 39 heavy (non-hydrogen) atoms. The second-order valence-corrected chi connectivity index (χ2v) is 13.2. The van der Waals surface area contributed by atoms with Crippen LogP contribution in [0.1, 0.15) is 60.0 Å². The molecule has 210 valence electrons. The molecule has 2 aromatic rings. The van der Waals surface area contributed by atoms with Gasteiger partial charge in [-0.3, -0.25) is 9.59 Å². The fourth-order valence-electron chi connectivity index (χ4n) is 6.07. The number of amides is 2. The van der Waals surface area contributed by atoms with Gasteiger partial charge in [-0.15, -0.1) is 0 Å². The molecule has 0 aromatic heterocycles. The predicted octanol–water partition coefficient (Wildman–Crippen LogP) is 4.97. The quantitative estimate of drug-likeness (QED) is 0.516. The smallest absolute Gasteiger partial charge is 0.339 e. The van der Waals surface area contributed by atoms with Crippen LogP contribution >= 0.6 is 0 Å². The minimum absolute atomic E-state index is 0.0225. The van der Waals surface area contributed by atoms with E-state index < -0.39 is 27.5 Å². The number of carbonyl (C=O) groups is 2. The summed E-state index contributed by atoms with van der Waals surface area (Å²) in [5.74, 6) is -0.908. The molecule has 0 radical (unpaired) electrons. The summed E-state index contributed by atoms with van der Waals surface area (Å²) >= 11 is 0. The fraction of sp³-hybridized carbons (Fsp3) is 0.517. The Morgan fingerprint density at radius 1 is 0.872 bits per heavy atom. The first-order valence-corrected chi connectivity index (χ1v) is 15.4. The van der Waals surface area contributed by atoms with E-state index >= 15 is 0 Å². The van der Waals surface area contributed by atoms with Crippen LogP contribution < -0.4 is 0 Å². The molecule has 6 nitrogen and oxygen atoms in total. The lowest BCUT2D eigenvalue weighted by molar-refractivity contribution is -0.139. The molecule has 1 saturated carbocycles. The maximum Gasteiger partial charge on any atom is 0.416 e. The molecule has 0 spiro atoms. The first kappa shape index (κ1) is 27.7. The molecular formula is C29H33F3N2O4S. The van der Waals surface area contributed by atoms with Crippen LogP contribution in [0.25, 0.3) is 11.1 Å². The Bertz CT molecular complexity index is 1320. The molecule has 2 aromatic carbocycles. The SMILES string of the molecule is O=C(c1ccc(-c2ccc(CC3CCN(C4CCCCC4)C3=O)c(C(F)(F)F)c2)cc1)N1CCS(=O)(=O)CC1. The molecule has 2 saturated heterocycles. The number of sulfone groups is 1. The van der Waals surface area contributed by atoms with Gasteiger partial charge in [0, 0.05) is 37.2 Å². The van der Waals surface area contributed by atoms with Crippen molar-refractivity contribution in [1.29, 1.82) is 0 Å². The lowest BCUT2D eigenvalue weighted by atomic mass is 9.91. The van der Waals surface area contributed by atoms with E-state index in [0.717, 1.165) is 31.7 Å². The second kappa shape index (κ2) is 10.9. The van der Waals surface area contributed by atoms with Crippen LogP contribution in [0.2, 0.25) is 0 Å². The van der Waals surface area contributed by atoms with Gasteiger partial charge in [0.2, 0.25) is 5.91 Å². The fourth-order valence-corrected chi connectivity index (χ4v) is 7.28. The number of hydrogen-bond acceptors (Lipinski definition) is 4. The van der Waals surface area contributed by atoms with Gasteiger partial charge in [0.25, 0.3) is 5.91 Å². The van der Waals surface area contributed by atoms with Crippen molar-refractivity contribution in [2.75, 3.05) is 31.1 Å². The zero-order chi connectivity index (χ0) is 27.8. The lowest BCUT2D eigenvalue weighted by Crippen LogP contribution is -2.43. The van der Waals surface area contributed by atoms with Gasteiger partial charge in [0.05, 0.1) is 17.1 Å². The average Bonchev–Trinajstić information content (AvgIpc) is 3.28. The summed E-state index contributed by atoms with van der Waals surface area (Å²) in [7, 11) is -3.12. The van der Waals surface area contributed by atoms with Gasteiger partial charge in [-0.2, -0.15) is 13.2 Å². The van der Waals surface area contributed by atoms with Gasteiger partial charge in [-0.1, -0.05) is 43.5 Å². The van der Waals surface area contributed by atoms with Gasteiger partial charge >= 0.3 is 6.18 Å². The van der Waals surface area contributed by atoms with Crippen molar-refractivity contribution in [3.05, 3.63) is 59.2 Å². The van der Waals surface area contributed by atoms with E-state index in [-0.39, 0.29) is 54.4 Å². The van der Waals surface area contributed by atoms with E-state index in [1.54, 1.807) is 30.3 Å². The standard InChI is InChI=1S/C29H33F3N2O4S/c30-29(31,32)26-19-22(20-6-8-21(9-7-20)27(35)33-14-16-39(37,38)17-15-33)10-11-23(26)18-24-12-13-34(28(24)36)25-4-2-1-3-5-25/h6-11,19,24-25H,1-5,12-18H2. The van der Waals surface area contributed by atoms with E-state index in [1.807, 2.05) is 4.90 Å². The number of hydrogen-bond donors (Lipinski definition) is 0. The minimum Gasteiger partial charge on any atom is -0.339 e. The summed E-state index contributed by atoms with van der Waals surface area (Å²) in [5, 5.41) is 0. The third-order valence-corrected chi connectivity index (χ3v) is 9.95. The van der Waals surface area contributed by atoms with Crippen LogP contribution in [0.5, 0.6) is 0 Å². The van der Waals surface area contributed by atoms with Crippen molar-refractivity contribution < 1.29 is 31.2 Å². The normalized spacial score (nSPS) is 22.3. The molecule has 1 atom stereocenters. The molecule has 1 unspecified atom stereocenters. The van der Waals surface area contributed by atoms with Gasteiger partial charge in [-0.25, -0.2) is 8.42 Å². The van der Waals surface area contributed by atoms with Crippen LogP contribution in [0.4, 0.5) is 13.2 Å². The van der Waals surface area contributed by atoms with Crippen molar-refractivity contribution in [2.24, 2.45) is 5.92 Å². The van der Waals surface area contributed by atoms with E-state index in [9.17, 15) is 31.2 Å². The molecule has 0 N–H and O–H groups in total. The summed E-state index contributed by atoms with van der Waals surface area (Å²) in [5.41, 5.74) is 0.648. The molecule has 0 bridgehead atoms. The Hall–Kier alpha value is -2.88. The number of carbonyl (C=O) groups excluding carboxylic acids is 2. The monoisotopic (exact) mass is 562 g/mol. The molecule has 5 rings (SSSR count). The van der Waals surface area contributed by atoms with Crippen LogP contribution in [0.3, 0.4) is 0 Å². The lowest BCUT2D eigenvalue weighted by Gasteiger charge is -2.31. The highest BCUT2D eigenvalue weighted by Crippen LogP contribution is 2.38. The van der Waals surface area contributed by atoms with Gasteiger partial charge < -0.3 is 9.80 Å². The Balaban J connectivity index is 1.31. The zero-order valence-corrected chi connectivity index (χ0v) is 22.6. The number of rotatable bonds is 5. The number of benzene rings is 2. The highest BCUT2D eigenvalue weighted by molar-refractivity contribution is 7.91. The summed E-state index contributed by atoms with van der Waals surface area (Å²) in [6, 6.07) is 10.8. The van der Waals surface area contributed by atoms with Crippen LogP contribution in [0, 0.1) is 5.92 Å².